The molecule has 2 N–H and O–H groups in total. The van der Waals surface area contributed by atoms with Gasteiger partial charge in [-0.2, -0.15) is 0 Å². The number of carbonyl (C=O) groups is 1. The second-order valence-corrected chi connectivity index (χ2v) is 5.68. The minimum atomic E-state index is -3.62. The van der Waals surface area contributed by atoms with Gasteiger partial charge in [0.05, 0.1) is 5.75 Å². The topological polar surface area (TPSA) is 83.5 Å². The lowest BCUT2D eigenvalue weighted by Gasteiger charge is -2.10. The number of nitrogens with one attached hydrogen (secondary N) is 1. The summed E-state index contributed by atoms with van der Waals surface area (Å²) in [6.07, 6.45) is 0. The molecule has 0 aliphatic carbocycles. The summed E-state index contributed by atoms with van der Waals surface area (Å²) in [5, 5.41) is 8.62. The number of aryl methyl sites for hydroxylation is 1. The van der Waals surface area contributed by atoms with Gasteiger partial charge >= 0.3 is 5.97 Å². The molecule has 0 saturated heterocycles. The molecule has 0 heterocycles. The van der Waals surface area contributed by atoms with Gasteiger partial charge in [0.1, 0.15) is 6.04 Å². The molecular formula is C11H15NO4S. The van der Waals surface area contributed by atoms with E-state index in [1.165, 1.54) is 6.92 Å². The molecule has 6 heteroatoms. The van der Waals surface area contributed by atoms with Crippen molar-refractivity contribution in [1.29, 1.82) is 0 Å². The lowest BCUT2D eigenvalue weighted by atomic mass is 10.2. The first-order valence-electron chi connectivity index (χ1n) is 5.08. The summed E-state index contributed by atoms with van der Waals surface area (Å²) >= 11 is 0. The van der Waals surface area contributed by atoms with Gasteiger partial charge in [-0.25, -0.2) is 13.1 Å². The molecule has 0 aromatic heterocycles. The standard InChI is InChI=1S/C11H15NO4S/c1-8-3-5-10(6-4-8)7-17(15,16)12-9(2)11(13)14/h3-6,9,12H,7H2,1-2H3,(H,13,14)/t9-/m1/s1. The molecule has 1 rings (SSSR count). The third-order valence-electron chi connectivity index (χ3n) is 2.20. The quantitative estimate of drug-likeness (QED) is 0.820. The van der Waals surface area contributed by atoms with Gasteiger partial charge in [-0.05, 0) is 19.4 Å². The molecule has 1 aromatic rings. The molecule has 0 fully saturated rings. The van der Waals surface area contributed by atoms with Crippen molar-refractivity contribution < 1.29 is 18.3 Å². The Hall–Kier alpha value is -1.40. The van der Waals surface area contributed by atoms with Crippen LogP contribution in [0.15, 0.2) is 24.3 Å². The van der Waals surface area contributed by atoms with E-state index >= 15 is 0 Å². The summed E-state index contributed by atoms with van der Waals surface area (Å²) in [5.41, 5.74) is 1.67. The molecule has 0 aliphatic rings. The van der Waals surface area contributed by atoms with Gasteiger partial charge < -0.3 is 5.11 Å². The molecule has 0 amide bonds. The maximum atomic E-state index is 11.6. The molecule has 5 nitrogen and oxygen atoms in total. The van der Waals surface area contributed by atoms with Crippen LogP contribution in [0.1, 0.15) is 18.1 Å². The fourth-order valence-corrected chi connectivity index (χ4v) is 2.62. The van der Waals surface area contributed by atoms with Crippen LogP contribution < -0.4 is 4.72 Å². The zero-order chi connectivity index (χ0) is 13.1. The van der Waals surface area contributed by atoms with Gasteiger partial charge in [0, 0.05) is 0 Å². The number of carboxylic acid groups (broad SMARTS) is 1. The van der Waals surface area contributed by atoms with E-state index in [0.29, 0.717) is 5.56 Å². The van der Waals surface area contributed by atoms with Crippen molar-refractivity contribution in [2.24, 2.45) is 0 Å². The maximum absolute atomic E-state index is 11.6. The summed E-state index contributed by atoms with van der Waals surface area (Å²) < 4.78 is 25.3. The van der Waals surface area contributed by atoms with Gasteiger partial charge in [0.15, 0.2) is 0 Å². The van der Waals surface area contributed by atoms with E-state index in [1.54, 1.807) is 12.1 Å². The van der Waals surface area contributed by atoms with E-state index in [0.717, 1.165) is 5.56 Å². The van der Waals surface area contributed by atoms with E-state index < -0.39 is 22.0 Å². The predicted molar refractivity (Wildman–Crippen MR) is 64.0 cm³/mol. The molecule has 0 spiro atoms. The third kappa shape index (κ3) is 4.54. The van der Waals surface area contributed by atoms with Crippen LogP contribution in [0.25, 0.3) is 0 Å². The number of hydrogen-bond acceptors (Lipinski definition) is 3. The highest BCUT2D eigenvalue weighted by atomic mass is 32.2. The summed E-state index contributed by atoms with van der Waals surface area (Å²) in [7, 11) is -3.62. The fraction of sp³-hybridized carbons (Fsp3) is 0.364. The lowest BCUT2D eigenvalue weighted by molar-refractivity contribution is -0.138. The second-order valence-electron chi connectivity index (χ2n) is 3.92. The van der Waals surface area contributed by atoms with Crippen LogP contribution in [-0.4, -0.2) is 25.5 Å². The zero-order valence-electron chi connectivity index (χ0n) is 9.67. The molecule has 0 saturated carbocycles. The highest BCUT2D eigenvalue weighted by molar-refractivity contribution is 7.88. The fourth-order valence-electron chi connectivity index (χ4n) is 1.27. The summed E-state index contributed by atoms with van der Waals surface area (Å²) in [5.74, 6) is -1.41. The average Bonchev–Trinajstić information content (AvgIpc) is 2.20. The molecular weight excluding hydrogens is 242 g/mol. The SMILES string of the molecule is Cc1ccc(CS(=O)(=O)N[C@H](C)C(=O)O)cc1. The van der Waals surface area contributed by atoms with Crippen LogP contribution in [0.3, 0.4) is 0 Å². The van der Waals surface area contributed by atoms with Crippen molar-refractivity contribution in [3.63, 3.8) is 0 Å². The Bertz CT molecular complexity index is 493. The van der Waals surface area contributed by atoms with Gasteiger partial charge in [0.25, 0.3) is 0 Å². The number of carboxylic acids is 1. The van der Waals surface area contributed by atoms with Crippen LogP contribution in [0.4, 0.5) is 0 Å². The van der Waals surface area contributed by atoms with Crippen LogP contribution in [0, 0.1) is 6.92 Å². The number of aliphatic carboxylic acids is 1. The van der Waals surface area contributed by atoms with E-state index in [1.807, 2.05) is 19.1 Å². The normalized spacial score (nSPS) is 13.3. The third-order valence-corrected chi connectivity index (χ3v) is 3.63. The predicted octanol–water partition coefficient (Wildman–Crippen LogP) is 0.888. The van der Waals surface area contributed by atoms with E-state index in [2.05, 4.69) is 4.72 Å². The minimum Gasteiger partial charge on any atom is -0.480 e. The largest absolute Gasteiger partial charge is 0.480 e. The molecule has 0 radical (unpaired) electrons. The Morgan fingerprint density at radius 2 is 1.88 bits per heavy atom. The highest BCUT2D eigenvalue weighted by Gasteiger charge is 2.19. The summed E-state index contributed by atoms with van der Waals surface area (Å²) in [6.45, 7) is 3.19. The van der Waals surface area contributed by atoms with Crippen molar-refractivity contribution in [2.75, 3.05) is 0 Å². The second kappa shape index (κ2) is 5.29. The summed E-state index contributed by atoms with van der Waals surface area (Å²) in [4.78, 5) is 10.5. The Labute approximate surface area is 101 Å². The monoisotopic (exact) mass is 257 g/mol. The molecule has 0 bridgehead atoms. The number of rotatable bonds is 5. The van der Waals surface area contributed by atoms with Crippen molar-refractivity contribution in [1.82, 2.24) is 4.72 Å². The van der Waals surface area contributed by atoms with Crippen molar-refractivity contribution in [2.45, 2.75) is 25.6 Å². The Balaban J connectivity index is 2.73. The van der Waals surface area contributed by atoms with E-state index in [-0.39, 0.29) is 5.75 Å². The Morgan fingerprint density at radius 1 is 1.35 bits per heavy atom. The molecule has 17 heavy (non-hydrogen) atoms. The first-order chi connectivity index (χ1) is 7.80. The molecule has 1 atom stereocenters. The number of benzene rings is 1. The van der Waals surface area contributed by atoms with Gasteiger partial charge in [-0.15, -0.1) is 0 Å². The Morgan fingerprint density at radius 3 is 2.35 bits per heavy atom. The van der Waals surface area contributed by atoms with Crippen molar-refractivity contribution >= 4 is 16.0 Å². The van der Waals surface area contributed by atoms with Gasteiger partial charge in [-0.3, -0.25) is 4.79 Å². The van der Waals surface area contributed by atoms with E-state index in [9.17, 15) is 13.2 Å². The smallest absolute Gasteiger partial charge is 0.321 e. The average molecular weight is 257 g/mol. The highest BCUT2D eigenvalue weighted by Crippen LogP contribution is 2.07. The van der Waals surface area contributed by atoms with Gasteiger partial charge in [0.2, 0.25) is 10.0 Å². The molecule has 0 unspecified atom stereocenters. The first kappa shape index (κ1) is 13.7. The Kier molecular flexibility index (Phi) is 4.25. The van der Waals surface area contributed by atoms with Crippen LogP contribution in [0.5, 0.6) is 0 Å². The van der Waals surface area contributed by atoms with Gasteiger partial charge in [-0.1, -0.05) is 29.8 Å². The lowest BCUT2D eigenvalue weighted by Crippen LogP contribution is -2.38. The number of sulfonamides is 1. The van der Waals surface area contributed by atoms with Crippen LogP contribution in [0.2, 0.25) is 0 Å². The van der Waals surface area contributed by atoms with Crippen molar-refractivity contribution in [3.8, 4) is 0 Å². The van der Waals surface area contributed by atoms with Crippen LogP contribution in [-0.2, 0) is 20.6 Å². The van der Waals surface area contributed by atoms with Crippen molar-refractivity contribution in [3.05, 3.63) is 35.4 Å². The first-order valence-corrected chi connectivity index (χ1v) is 6.74. The zero-order valence-corrected chi connectivity index (χ0v) is 10.5. The molecule has 94 valence electrons. The summed E-state index contributed by atoms with van der Waals surface area (Å²) in [6, 6.07) is 5.92. The van der Waals surface area contributed by atoms with E-state index in [4.69, 9.17) is 5.11 Å². The molecule has 1 aromatic carbocycles. The maximum Gasteiger partial charge on any atom is 0.321 e. The minimum absolute atomic E-state index is 0.217. The van der Waals surface area contributed by atoms with Crippen LogP contribution >= 0.6 is 0 Å². The number of hydrogen-bond donors (Lipinski definition) is 2. The molecule has 0 aliphatic heterocycles.